The maximum absolute atomic E-state index is 12.9. The Bertz CT molecular complexity index is 1120. The SMILES string of the molecule is CCn1nccc1C(=O)Nc1cccc(NC(=O)Cn2nc(C(F)(F)F)c(Cl)c2C)c1. The van der Waals surface area contributed by atoms with E-state index in [0.29, 0.717) is 23.6 Å². The molecular weight excluding hydrogens is 437 g/mol. The van der Waals surface area contributed by atoms with E-state index in [-0.39, 0.29) is 11.6 Å². The molecule has 0 aliphatic rings. The minimum atomic E-state index is -4.72. The van der Waals surface area contributed by atoms with Gasteiger partial charge in [-0.05, 0) is 38.1 Å². The zero-order valence-corrected chi connectivity index (χ0v) is 17.3. The van der Waals surface area contributed by atoms with Gasteiger partial charge in [-0.15, -0.1) is 0 Å². The van der Waals surface area contributed by atoms with Crippen molar-refractivity contribution in [3.05, 3.63) is 58.6 Å². The number of benzene rings is 1. The van der Waals surface area contributed by atoms with Crippen molar-refractivity contribution < 1.29 is 22.8 Å². The zero-order chi connectivity index (χ0) is 22.8. The minimum absolute atomic E-state index is 0.0256. The Hall–Kier alpha value is -3.34. The second kappa shape index (κ2) is 8.80. The van der Waals surface area contributed by atoms with Crippen LogP contribution in [0.25, 0.3) is 0 Å². The summed E-state index contributed by atoms with van der Waals surface area (Å²) < 4.78 is 41.2. The molecule has 3 aromatic rings. The zero-order valence-electron chi connectivity index (χ0n) is 16.5. The molecule has 2 aromatic heterocycles. The first-order valence-electron chi connectivity index (χ1n) is 9.13. The van der Waals surface area contributed by atoms with E-state index < -0.39 is 29.3 Å². The molecule has 0 atom stereocenters. The Morgan fingerprint density at radius 2 is 1.81 bits per heavy atom. The summed E-state index contributed by atoms with van der Waals surface area (Å²) in [6.45, 7) is 3.26. The lowest BCUT2D eigenvalue weighted by Crippen LogP contribution is -2.21. The normalized spacial score (nSPS) is 11.4. The van der Waals surface area contributed by atoms with Gasteiger partial charge >= 0.3 is 6.18 Å². The third-order valence-corrected chi connectivity index (χ3v) is 4.80. The van der Waals surface area contributed by atoms with Gasteiger partial charge in [0.05, 0.1) is 10.7 Å². The van der Waals surface area contributed by atoms with Crippen LogP contribution in [0.2, 0.25) is 5.02 Å². The van der Waals surface area contributed by atoms with Crippen molar-refractivity contribution in [2.45, 2.75) is 33.1 Å². The predicted molar refractivity (Wildman–Crippen MR) is 108 cm³/mol. The van der Waals surface area contributed by atoms with Crippen LogP contribution in [0.1, 0.15) is 28.8 Å². The number of aromatic nitrogens is 4. The maximum atomic E-state index is 12.9. The fraction of sp³-hybridized carbons (Fsp3) is 0.263. The first-order valence-corrected chi connectivity index (χ1v) is 9.51. The van der Waals surface area contributed by atoms with Crippen LogP contribution in [0.15, 0.2) is 36.5 Å². The van der Waals surface area contributed by atoms with E-state index >= 15 is 0 Å². The van der Waals surface area contributed by atoms with Crippen molar-refractivity contribution in [3.8, 4) is 0 Å². The van der Waals surface area contributed by atoms with Gasteiger partial charge in [0.1, 0.15) is 12.2 Å². The van der Waals surface area contributed by atoms with E-state index in [9.17, 15) is 22.8 Å². The van der Waals surface area contributed by atoms with E-state index in [4.69, 9.17) is 11.6 Å². The molecule has 12 heteroatoms. The van der Waals surface area contributed by atoms with Gasteiger partial charge in [-0.1, -0.05) is 17.7 Å². The van der Waals surface area contributed by atoms with Crippen LogP contribution in [0.3, 0.4) is 0 Å². The van der Waals surface area contributed by atoms with E-state index in [2.05, 4.69) is 20.8 Å². The molecular formula is C19H18ClF3N6O2. The van der Waals surface area contributed by atoms with Crippen LogP contribution >= 0.6 is 11.6 Å². The Labute approximate surface area is 180 Å². The smallest absolute Gasteiger partial charge is 0.324 e. The lowest BCUT2D eigenvalue weighted by atomic mass is 10.2. The molecule has 0 saturated heterocycles. The Morgan fingerprint density at radius 3 is 2.42 bits per heavy atom. The summed E-state index contributed by atoms with van der Waals surface area (Å²) in [5.41, 5.74) is -0.0697. The lowest BCUT2D eigenvalue weighted by Gasteiger charge is -2.10. The summed E-state index contributed by atoms with van der Waals surface area (Å²) >= 11 is 5.69. The minimum Gasteiger partial charge on any atom is -0.324 e. The third kappa shape index (κ3) is 5.05. The molecule has 2 heterocycles. The van der Waals surface area contributed by atoms with Crippen molar-refractivity contribution >= 4 is 34.8 Å². The first kappa shape index (κ1) is 22.3. The largest absolute Gasteiger partial charge is 0.436 e. The Kier molecular flexibility index (Phi) is 6.34. The molecule has 0 unspecified atom stereocenters. The average Bonchev–Trinajstić information content (AvgIpc) is 3.28. The van der Waals surface area contributed by atoms with Crippen molar-refractivity contribution in [3.63, 3.8) is 0 Å². The molecule has 2 amide bonds. The predicted octanol–water partition coefficient (Wildman–Crippen LogP) is 3.97. The molecule has 31 heavy (non-hydrogen) atoms. The number of alkyl halides is 3. The highest BCUT2D eigenvalue weighted by Gasteiger charge is 2.38. The van der Waals surface area contributed by atoms with Crippen LogP contribution in [-0.4, -0.2) is 31.4 Å². The highest BCUT2D eigenvalue weighted by atomic mass is 35.5. The highest BCUT2D eigenvalue weighted by molar-refractivity contribution is 6.32. The molecule has 2 N–H and O–H groups in total. The number of amides is 2. The van der Waals surface area contributed by atoms with E-state index in [0.717, 1.165) is 4.68 Å². The summed E-state index contributed by atoms with van der Waals surface area (Å²) in [6.07, 6.45) is -3.20. The Balaban J connectivity index is 1.69. The van der Waals surface area contributed by atoms with Gasteiger partial charge in [0.15, 0.2) is 5.69 Å². The monoisotopic (exact) mass is 454 g/mol. The second-order valence-corrected chi connectivity index (χ2v) is 6.90. The fourth-order valence-electron chi connectivity index (χ4n) is 2.84. The molecule has 1 aromatic carbocycles. The highest BCUT2D eigenvalue weighted by Crippen LogP contribution is 2.35. The van der Waals surface area contributed by atoms with Crippen LogP contribution in [0.5, 0.6) is 0 Å². The van der Waals surface area contributed by atoms with Gasteiger partial charge in [-0.3, -0.25) is 19.0 Å². The molecule has 0 fully saturated rings. The fourth-order valence-corrected chi connectivity index (χ4v) is 3.09. The second-order valence-electron chi connectivity index (χ2n) is 6.52. The van der Waals surface area contributed by atoms with Crippen LogP contribution < -0.4 is 10.6 Å². The van der Waals surface area contributed by atoms with Crippen LogP contribution in [0.4, 0.5) is 24.5 Å². The molecule has 0 aliphatic carbocycles. The molecule has 0 spiro atoms. The summed E-state index contributed by atoms with van der Waals surface area (Å²) in [5, 5.41) is 12.2. The molecule has 0 saturated carbocycles. The standard InChI is InChI=1S/C19H18ClF3N6O2/c1-3-28-14(7-8-24-28)18(31)26-13-6-4-5-12(9-13)25-15(30)10-29-11(2)16(20)17(27-29)19(21,22)23/h4-9H,3,10H2,1-2H3,(H,25,30)(H,26,31). The number of carbonyl (C=O) groups is 2. The number of aryl methyl sites for hydroxylation is 1. The summed E-state index contributed by atoms with van der Waals surface area (Å²) in [5.74, 6) is -0.979. The molecule has 3 rings (SSSR count). The van der Waals surface area contributed by atoms with Gasteiger partial charge in [0.2, 0.25) is 5.91 Å². The number of hydrogen-bond acceptors (Lipinski definition) is 4. The number of halogens is 4. The van der Waals surface area contributed by atoms with E-state index in [1.807, 2.05) is 6.92 Å². The molecule has 164 valence electrons. The molecule has 0 aliphatic heterocycles. The van der Waals surface area contributed by atoms with Gasteiger partial charge in [-0.2, -0.15) is 23.4 Å². The number of anilines is 2. The first-order chi connectivity index (χ1) is 14.6. The number of nitrogens with zero attached hydrogens (tertiary/aromatic N) is 4. The number of nitrogens with one attached hydrogen (secondary N) is 2. The van der Waals surface area contributed by atoms with Gasteiger partial charge in [0.25, 0.3) is 5.91 Å². The van der Waals surface area contributed by atoms with Crippen LogP contribution in [0, 0.1) is 6.92 Å². The van der Waals surface area contributed by atoms with Gasteiger partial charge in [-0.25, -0.2) is 0 Å². The summed E-state index contributed by atoms with van der Waals surface area (Å²) in [7, 11) is 0. The van der Waals surface area contributed by atoms with E-state index in [1.165, 1.54) is 23.9 Å². The van der Waals surface area contributed by atoms with E-state index in [1.54, 1.807) is 24.3 Å². The summed E-state index contributed by atoms with van der Waals surface area (Å²) in [4.78, 5) is 24.7. The topological polar surface area (TPSA) is 93.8 Å². The Morgan fingerprint density at radius 1 is 1.13 bits per heavy atom. The van der Waals surface area contributed by atoms with Crippen molar-refractivity contribution in [2.24, 2.45) is 0 Å². The average molecular weight is 455 g/mol. The molecule has 0 bridgehead atoms. The lowest BCUT2D eigenvalue weighted by molar-refractivity contribution is -0.141. The number of hydrogen-bond donors (Lipinski definition) is 2. The molecule has 8 nitrogen and oxygen atoms in total. The van der Waals surface area contributed by atoms with Crippen molar-refractivity contribution in [2.75, 3.05) is 10.6 Å². The van der Waals surface area contributed by atoms with Crippen molar-refractivity contribution in [1.82, 2.24) is 19.6 Å². The quantitative estimate of drug-likeness (QED) is 0.589. The summed E-state index contributed by atoms with van der Waals surface area (Å²) in [6, 6.07) is 7.92. The maximum Gasteiger partial charge on any atom is 0.436 e. The van der Waals surface area contributed by atoms with Crippen LogP contribution in [-0.2, 0) is 24.1 Å². The third-order valence-electron chi connectivity index (χ3n) is 4.35. The van der Waals surface area contributed by atoms with Gasteiger partial charge in [0, 0.05) is 24.1 Å². The number of carbonyl (C=O) groups excluding carboxylic acids is 2. The van der Waals surface area contributed by atoms with Crippen molar-refractivity contribution in [1.29, 1.82) is 0 Å². The van der Waals surface area contributed by atoms with Gasteiger partial charge < -0.3 is 10.6 Å². The molecule has 0 radical (unpaired) electrons. The number of rotatable bonds is 6.